The fraction of sp³-hybridized carbons (Fsp3) is 0.562. The first-order valence-corrected chi connectivity index (χ1v) is 8.61. The molecular formula is C16H20BrClN2. The van der Waals surface area contributed by atoms with Crippen molar-refractivity contribution in [3.63, 3.8) is 0 Å². The number of hydrogen-bond acceptors (Lipinski definition) is 1. The van der Waals surface area contributed by atoms with Gasteiger partial charge in [0.2, 0.25) is 0 Å². The largest absolute Gasteiger partial charge is 0.330 e. The maximum Gasteiger partial charge on any atom is 0.141 e. The molecule has 0 bridgehead atoms. The summed E-state index contributed by atoms with van der Waals surface area (Å²) in [5, 5.41) is 1.97. The Labute approximate surface area is 133 Å². The number of nitrogens with zero attached hydrogens (tertiary/aromatic N) is 2. The Balaban J connectivity index is 2.22. The Bertz CT molecular complexity index is 627. The zero-order valence-corrected chi connectivity index (χ0v) is 14.3. The van der Waals surface area contributed by atoms with Gasteiger partial charge in [-0.1, -0.05) is 30.9 Å². The smallest absolute Gasteiger partial charge is 0.141 e. The van der Waals surface area contributed by atoms with Crippen molar-refractivity contribution in [1.82, 2.24) is 9.55 Å². The minimum atomic E-state index is 0.402. The van der Waals surface area contributed by atoms with Crippen molar-refractivity contribution < 1.29 is 0 Å². The predicted octanol–water partition coefficient (Wildman–Crippen LogP) is 6.08. The highest BCUT2D eigenvalue weighted by molar-refractivity contribution is 9.10. The van der Waals surface area contributed by atoms with Crippen LogP contribution in [0.5, 0.6) is 0 Å². The number of rotatable bonds is 2. The van der Waals surface area contributed by atoms with Crippen LogP contribution in [0.1, 0.15) is 63.5 Å². The molecule has 20 heavy (non-hydrogen) atoms. The summed E-state index contributed by atoms with van der Waals surface area (Å²) in [5.41, 5.74) is 2.42. The van der Waals surface area contributed by atoms with E-state index in [1.807, 2.05) is 6.20 Å². The van der Waals surface area contributed by atoms with Crippen LogP contribution in [-0.2, 0) is 0 Å². The number of halogens is 2. The molecule has 0 aromatic carbocycles. The molecule has 1 fully saturated rings. The van der Waals surface area contributed by atoms with Crippen LogP contribution in [0, 0.1) is 0 Å². The molecule has 1 aliphatic rings. The van der Waals surface area contributed by atoms with Crippen molar-refractivity contribution in [2.45, 2.75) is 57.9 Å². The molecule has 4 heteroatoms. The van der Waals surface area contributed by atoms with Crippen LogP contribution < -0.4 is 0 Å². The number of hydrogen-bond donors (Lipinski definition) is 0. The van der Waals surface area contributed by atoms with E-state index in [0.717, 1.165) is 20.5 Å². The van der Waals surface area contributed by atoms with Crippen LogP contribution in [0.15, 0.2) is 16.9 Å². The molecule has 1 saturated carbocycles. The first-order valence-electron chi connectivity index (χ1n) is 7.44. The average Bonchev–Trinajstić information content (AvgIpc) is 2.84. The van der Waals surface area contributed by atoms with Gasteiger partial charge in [-0.25, -0.2) is 4.98 Å². The van der Waals surface area contributed by atoms with E-state index in [2.05, 4.69) is 45.5 Å². The Morgan fingerprint density at radius 1 is 1.30 bits per heavy atom. The lowest BCUT2D eigenvalue weighted by Crippen LogP contribution is -2.04. The molecule has 0 amide bonds. The average molecular weight is 356 g/mol. The monoisotopic (exact) mass is 354 g/mol. The van der Waals surface area contributed by atoms with Crippen molar-refractivity contribution in [1.29, 1.82) is 0 Å². The maximum atomic E-state index is 6.57. The molecular weight excluding hydrogens is 336 g/mol. The lowest BCUT2D eigenvalue weighted by molar-refractivity contribution is 0.444. The van der Waals surface area contributed by atoms with Gasteiger partial charge in [0.15, 0.2) is 0 Å². The SMILES string of the molecule is CC(C)n1cc(C2CCCCC2)c2c(Cl)c(Br)cnc21. The molecule has 0 radical (unpaired) electrons. The summed E-state index contributed by atoms with van der Waals surface area (Å²) < 4.78 is 3.16. The molecule has 3 rings (SSSR count). The van der Waals surface area contributed by atoms with Crippen LogP contribution >= 0.6 is 27.5 Å². The molecule has 0 saturated heterocycles. The van der Waals surface area contributed by atoms with E-state index in [9.17, 15) is 0 Å². The van der Waals surface area contributed by atoms with Gasteiger partial charge in [-0.05, 0) is 54.1 Å². The van der Waals surface area contributed by atoms with Crippen LogP contribution in [0.3, 0.4) is 0 Å². The van der Waals surface area contributed by atoms with Crippen LogP contribution in [0.4, 0.5) is 0 Å². The minimum Gasteiger partial charge on any atom is -0.330 e. The summed E-state index contributed by atoms with van der Waals surface area (Å²) in [6, 6.07) is 0.402. The van der Waals surface area contributed by atoms with Gasteiger partial charge in [0, 0.05) is 23.8 Å². The Morgan fingerprint density at radius 3 is 2.65 bits per heavy atom. The standard InChI is InChI=1S/C16H20BrClN2/c1-10(2)20-9-12(11-6-4-3-5-7-11)14-15(18)13(17)8-19-16(14)20/h8-11H,3-7H2,1-2H3. The number of fused-ring (bicyclic) bond motifs is 1. The zero-order valence-electron chi connectivity index (χ0n) is 12.0. The van der Waals surface area contributed by atoms with Gasteiger partial charge in [-0.2, -0.15) is 0 Å². The topological polar surface area (TPSA) is 17.8 Å². The van der Waals surface area contributed by atoms with E-state index in [-0.39, 0.29) is 0 Å². The summed E-state index contributed by atoms with van der Waals surface area (Å²) in [6.45, 7) is 4.39. The lowest BCUT2D eigenvalue weighted by atomic mass is 9.84. The van der Waals surface area contributed by atoms with Crippen LogP contribution in [-0.4, -0.2) is 9.55 Å². The Kier molecular flexibility index (Phi) is 4.09. The van der Waals surface area contributed by atoms with Crippen LogP contribution in [0.25, 0.3) is 11.0 Å². The highest BCUT2D eigenvalue weighted by atomic mass is 79.9. The third-order valence-electron chi connectivity index (χ3n) is 4.37. The normalized spacial score (nSPS) is 17.2. The summed E-state index contributed by atoms with van der Waals surface area (Å²) in [6.07, 6.45) is 10.7. The van der Waals surface area contributed by atoms with Gasteiger partial charge in [-0.3, -0.25) is 0 Å². The minimum absolute atomic E-state index is 0.402. The second-order valence-electron chi connectivity index (χ2n) is 6.04. The van der Waals surface area contributed by atoms with Crippen LogP contribution in [0.2, 0.25) is 5.02 Å². The van der Waals surface area contributed by atoms with E-state index in [4.69, 9.17) is 11.6 Å². The molecule has 0 N–H and O–H groups in total. The van der Waals surface area contributed by atoms with Crippen molar-refractivity contribution in [3.05, 3.63) is 27.5 Å². The molecule has 2 heterocycles. The van der Waals surface area contributed by atoms with Gasteiger partial charge < -0.3 is 4.57 Å². The molecule has 108 valence electrons. The molecule has 0 aliphatic heterocycles. The van der Waals surface area contributed by atoms with Crippen molar-refractivity contribution >= 4 is 38.6 Å². The third kappa shape index (κ3) is 2.39. The second-order valence-corrected chi connectivity index (χ2v) is 7.27. The lowest BCUT2D eigenvalue weighted by Gasteiger charge is -2.21. The first-order chi connectivity index (χ1) is 9.59. The van der Waals surface area contributed by atoms with Crippen molar-refractivity contribution in [2.75, 3.05) is 0 Å². The fourth-order valence-electron chi connectivity index (χ4n) is 3.30. The molecule has 0 spiro atoms. The first kappa shape index (κ1) is 14.4. The van der Waals surface area contributed by atoms with Crippen molar-refractivity contribution in [2.24, 2.45) is 0 Å². The molecule has 1 aliphatic carbocycles. The van der Waals surface area contributed by atoms with Gasteiger partial charge in [-0.15, -0.1) is 0 Å². The summed E-state index contributed by atoms with van der Waals surface area (Å²) >= 11 is 10.1. The van der Waals surface area contributed by atoms with Gasteiger partial charge in [0.25, 0.3) is 0 Å². The highest BCUT2D eigenvalue weighted by Gasteiger charge is 2.23. The Morgan fingerprint density at radius 2 is 2.00 bits per heavy atom. The highest BCUT2D eigenvalue weighted by Crippen LogP contribution is 2.41. The van der Waals surface area contributed by atoms with E-state index >= 15 is 0 Å². The fourth-order valence-corrected chi connectivity index (χ4v) is 3.84. The number of pyridine rings is 1. The van der Waals surface area contributed by atoms with Gasteiger partial charge in [0.1, 0.15) is 5.65 Å². The molecule has 2 aromatic rings. The summed E-state index contributed by atoms with van der Waals surface area (Å²) in [7, 11) is 0. The third-order valence-corrected chi connectivity index (χ3v) is 5.59. The van der Waals surface area contributed by atoms with E-state index in [1.165, 1.54) is 37.7 Å². The van der Waals surface area contributed by atoms with Gasteiger partial charge in [0.05, 0.1) is 9.50 Å². The van der Waals surface area contributed by atoms with E-state index in [1.54, 1.807) is 0 Å². The second kappa shape index (κ2) is 5.69. The zero-order chi connectivity index (χ0) is 14.3. The summed E-state index contributed by atoms with van der Waals surface area (Å²) in [4.78, 5) is 4.61. The summed E-state index contributed by atoms with van der Waals surface area (Å²) in [5.74, 6) is 0.639. The van der Waals surface area contributed by atoms with Gasteiger partial charge >= 0.3 is 0 Å². The van der Waals surface area contributed by atoms with E-state index < -0.39 is 0 Å². The molecule has 0 unspecified atom stereocenters. The molecule has 0 atom stereocenters. The maximum absolute atomic E-state index is 6.57. The molecule has 2 aromatic heterocycles. The predicted molar refractivity (Wildman–Crippen MR) is 88.7 cm³/mol. The Hall–Kier alpha value is -0.540. The number of aromatic nitrogens is 2. The molecule has 2 nitrogen and oxygen atoms in total. The van der Waals surface area contributed by atoms with E-state index in [0.29, 0.717) is 12.0 Å². The van der Waals surface area contributed by atoms with Crippen molar-refractivity contribution in [3.8, 4) is 0 Å². The quantitative estimate of drug-likeness (QED) is 0.638.